The summed E-state index contributed by atoms with van der Waals surface area (Å²) >= 11 is 0. The smallest absolute Gasteiger partial charge is 0.414 e. The number of hydrogen-bond acceptors (Lipinski definition) is 3. The van der Waals surface area contributed by atoms with Crippen LogP contribution in [0.15, 0.2) is 18.2 Å². The summed E-state index contributed by atoms with van der Waals surface area (Å²) in [5.41, 5.74) is 3.26. The lowest BCUT2D eigenvalue weighted by Gasteiger charge is -2.25. The Morgan fingerprint density at radius 2 is 2.04 bits per heavy atom. The molecule has 1 N–H and O–H groups in total. The number of nitrogens with one attached hydrogen (secondary N) is 1. The third-order valence-electron chi connectivity index (χ3n) is 4.64. The molecule has 4 nitrogen and oxygen atoms in total. The van der Waals surface area contributed by atoms with Crippen molar-refractivity contribution in [1.29, 1.82) is 0 Å². The molecule has 0 aliphatic carbocycles. The average Bonchev–Trinajstić information content (AvgIpc) is 2.90. The van der Waals surface area contributed by atoms with Crippen molar-refractivity contribution >= 4 is 11.8 Å². The molecule has 0 aromatic heterocycles. The normalized spacial score (nSPS) is 18.8. The fourth-order valence-corrected chi connectivity index (χ4v) is 3.51. The Hall–Kier alpha value is -1.55. The molecule has 2 heterocycles. The number of hydrogen-bond donors (Lipinski definition) is 1. The maximum absolute atomic E-state index is 12.3. The predicted molar refractivity (Wildman–Crippen MR) is 93.0 cm³/mol. The highest BCUT2D eigenvalue weighted by molar-refractivity contribution is 5.90. The van der Waals surface area contributed by atoms with Crippen LogP contribution in [0.4, 0.5) is 10.5 Å². The van der Waals surface area contributed by atoms with Gasteiger partial charge in [0.1, 0.15) is 5.60 Å². The highest BCUT2D eigenvalue weighted by Gasteiger charge is 2.29. The molecular weight excluding hydrogens is 288 g/mol. The van der Waals surface area contributed by atoms with E-state index in [1.807, 2.05) is 20.8 Å². The van der Waals surface area contributed by atoms with E-state index in [0.29, 0.717) is 0 Å². The van der Waals surface area contributed by atoms with Crippen LogP contribution in [0, 0.1) is 5.92 Å². The minimum atomic E-state index is -0.450. The number of anilines is 1. The molecule has 3 rings (SSSR count). The third-order valence-corrected chi connectivity index (χ3v) is 4.64. The van der Waals surface area contributed by atoms with E-state index in [2.05, 4.69) is 23.5 Å². The molecule has 0 unspecified atom stereocenters. The minimum absolute atomic E-state index is 0.234. The number of benzene rings is 1. The van der Waals surface area contributed by atoms with Crippen LogP contribution in [0.3, 0.4) is 0 Å². The molecule has 0 bridgehead atoms. The lowest BCUT2D eigenvalue weighted by Crippen LogP contribution is -2.35. The largest absolute Gasteiger partial charge is 0.443 e. The van der Waals surface area contributed by atoms with Crippen LogP contribution in [0.25, 0.3) is 0 Å². The first-order chi connectivity index (χ1) is 10.9. The number of nitrogens with zero attached hydrogens (tertiary/aromatic N) is 1. The Bertz CT molecular complexity index is 571. The van der Waals surface area contributed by atoms with Gasteiger partial charge in [0, 0.05) is 6.54 Å². The minimum Gasteiger partial charge on any atom is -0.443 e. The quantitative estimate of drug-likeness (QED) is 0.907. The van der Waals surface area contributed by atoms with E-state index in [1.54, 1.807) is 4.90 Å². The van der Waals surface area contributed by atoms with Crippen LogP contribution in [-0.2, 0) is 17.6 Å². The number of fused-ring (bicyclic) bond motifs is 1. The van der Waals surface area contributed by atoms with Gasteiger partial charge in [0.25, 0.3) is 0 Å². The third kappa shape index (κ3) is 4.05. The van der Waals surface area contributed by atoms with Crippen LogP contribution in [-0.4, -0.2) is 31.3 Å². The maximum atomic E-state index is 12.3. The lowest BCUT2D eigenvalue weighted by molar-refractivity contribution is 0.0584. The molecule has 1 amide bonds. The zero-order chi connectivity index (χ0) is 16.4. The summed E-state index contributed by atoms with van der Waals surface area (Å²) in [5.74, 6) is 0.790. The second-order valence-electron chi connectivity index (χ2n) is 7.74. The molecule has 0 radical (unpaired) electrons. The number of ether oxygens (including phenoxy) is 1. The summed E-state index contributed by atoms with van der Waals surface area (Å²) in [4.78, 5) is 14.1. The molecule has 4 heteroatoms. The topological polar surface area (TPSA) is 41.6 Å². The summed E-state index contributed by atoms with van der Waals surface area (Å²) in [5, 5.41) is 3.42. The lowest BCUT2D eigenvalue weighted by atomic mass is 9.90. The van der Waals surface area contributed by atoms with E-state index >= 15 is 0 Å². The molecular formula is C19H28N2O2. The van der Waals surface area contributed by atoms with Gasteiger partial charge in [0.05, 0.1) is 5.69 Å². The Morgan fingerprint density at radius 3 is 2.74 bits per heavy atom. The fourth-order valence-electron chi connectivity index (χ4n) is 3.51. The maximum Gasteiger partial charge on any atom is 0.414 e. The molecule has 2 aliphatic rings. The van der Waals surface area contributed by atoms with E-state index in [9.17, 15) is 4.79 Å². The van der Waals surface area contributed by atoms with Gasteiger partial charge in [-0.25, -0.2) is 4.79 Å². The number of rotatable bonds is 2. The first kappa shape index (κ1) is 16.3. The number of piperidine rings is 1. The first-order valence-electron chi connectivity index (χ1n) is 8.75. The Kier molecular flexibility index (Phi) is 4.62. The monoisotopic (exact) mass is 316 g/mol. The summed E-state index contributed by atoms with van der Waals surface area (Å²) < 4.78 is 5.51. The predicted octanol–water partition coefficient (Wildman–Crippen LogP) is 3.53. The van der Waals surface area contributed by atoms with E-state index < -0.39 is 5.60 Å². The highest BCUT2D eigenvalue weighted by Crippen LogP contribution is 2.31. The van der Waals surface area contributed by atoms with Crippen LogP contribution in [0.2, 0.25) is 0 Å². The van der Waals surface area contributed by atoms with Crippen LogP contribution in [0.1, 0.15) is 44.7 Å². The van der Waals surface area contributed by atoms with Crippen molar-refractivity contribution in [2.45, 2.75) is 52.1 Å². The van der Waals surface area contributed by atoms with Gasteiger partial charge in [-0.3, -0.25) is 4.90 Å². The van der Waals surface area contributed by atoms with Gasteiger partial charge in [0.15, 0.2) is 0 Å². The summed E-state index contributed by atoms with van der Waals surface area (Å²) in [6.45, 7) is 8.73. The van der Waals surface area contributed by atoms with Gasteiger partial charge in [-0.2, -0.15) is 0 Å². The molecule has 2 aliphatic heterocycles. The van der Waals surface area contributed by atoms with E-state index in [0.717, 1.165) is 44.1 Å². The van der Waals surface area contributed by atoms with Gasteiger partial charge in [-0.05, 0) is 82.7 Å². The SMILES string of the molecule is CC(C)(C)OC(=O)N1CCc2cc(CC3CCNCC3)ccc21. The highest BCUT2D eigenvalue weighted by atomic mass is 16.6. The van der Waals surface area contributed by atoms with Crippen LogP contribution in [0.5, 0.6) is 0 Å². The molecule has 0 spiro atoms. The molecule has 0 atom stereocenters. The van der Waals surface area contributed by atoms with Crippen molar-refractivity contribution in [3.05, 3.63) is 29.3 Å². The van der Waals surface area contributed by atoms with Crippen molar-refractivity contribution < 1.29 is 9.53 Å². The number of carbonyl (C=O) groups excluding carboxylic acids is 1. The van der Waals surface area contributed by atoms with Crippen LogP contribution >= 0.6 is 0 Å². The Balaban J connectivity index is 1.68. The van der Waals surface area contributed by atoms with Gasteiger partial charge >= 0.3 is 6.09 Å². The van der Waals surface area contributed by atoms with Crippen LogP contribution < -0.4 is 10.2 Å². The van der Waals surface area contributed by atoms with E-state index in [-0.39, 0.29) is 6.09 Å². The van der Waals surface area contributed by atoms with Gasteiger partial charge in [-0.1, -0.05) is 12.1 Å². The van der Waals surface area contributed by atoms with Crippen molar-refractivity contribution in [2.75, 3.05) is 24.5 Å². The molecule has 126 valence electrons. The van der Waals surface area contributed by atoms with Crippen molar-refractivity contribution in [3.8, 4) is 0 Å². The van der Waals surface area contributed by atoms with Crippen molar-refractivity contribution in [2.24, 2.45) is 5.92 Å². The molecule has 1 saturated heterocycles. The number of amides is 1. The van der Waals surface area contributed by atoms with Crippen molar-refractivity contribution in [1.82, 2.24) is 5.32 Å². The molecule has 0 saturated carbocycles. The second-order valence-corrected chi connectivity index (χ2v) is 7.74. The Morgan fingerprint density at radius 1 is 1.30 bits per heavy atom. The first-order valence-corrected chi connectivity index (χ1v) is 8.75. The van der Waals surface area contributed by atoms with E-state index in [4.69, 9.17) is 4.74 Å². The second kappa shape index (κ2) is 6.52. The molecule has 1 fully saturated rings. The van der Waals surface area contributed by atoms with Gasteiger partial charge in [0.2, 0.25) is 0 Å². The zero-order valence-electron chi connectivity index (χ0n) is 14.5. The summed E-state index contributed by atoms with van der Waals surface area (Å²) in [6, 6.07) is 6.58. The average molecular weight is 316 g/mol. The van der Waals surface area contributed by atoms with Crippen molar-refractivity contribution in [3.63, 3.8) is 0 Å². The van der Waals surface area contributed by atoms with Gasteiger partial charge < -0.3 is 10.1 Å². The Labute approximate surface area is 139 Å². The van der Waals surface area contributed by atoms with E-state index in [1.165, 1.54) is 24.0 Å². The summed E-state index contributed by atoms with van der Waals surface area (Å²) in [6.07, 6.45) is 4.38. The molecule has 23 heavy (non-hydrogen) atoms. The fraction of sp³-hybridized carbons (Fsp3) is 0.632. The summed E-state index contributed by atoms with van der Waals surface area (Å²) in [7, 11) is 0. The molecule has 1 aromatic rings. The standard InChI is InChI=1S/C19H28N2O2/c1-19(2,3)23-18(22)21-11-8-16-13-15(4-5-17(16)21)12-14-6-9-20-10-7-14/h4-5,13-14,20H,6-12H2,1-3H3. The number of carbonyl (C=O) groups is 1. The zero-order valence-corrected chi connectivity index (χ0v) is 14.5. The molecule has 1 aromatic carbocycles. The van der Waals surface area contributed by atoms with Gasteiger partial charge in [-0.15, -0.1) is 0 Å².